The van der Waals surface area contributed by atoms with Gasteiger partial charge in [0.1, 0.15) is 5.75 Å². The first-order valence-corrected chi connectivity index (χ1v) is 4.85. The third-order valence-electron chi connectivity index (χ3n) is 2.08. The second-order valence-corrected chi connectivity index (χ2v) is 3.23. The fraction of sp³-hybridized carbons (Fsp3) is 0.182. The highest BCUT2D eigenvalue weighted by Gasteiger charge is 2.14. The van der Waals surface area contributed by atoms with Gasteiger partial charge in [0.2, 0.25) is 5.88 Å². The van der Waals surface area contributed by atoms with E-state index in [2.05, 4.69) is 14.5 Å². The normalized spacial score (nSPS) is 11.2. The highest BCUT2D eigenvalue weighted by molar-refractivity contribution is 5.85. The highest BCUT2D eigenvalue weighted by Crippen LogP contribution is 2.30. The van der Waals surface area contributed by atoms with Crippen LogP contribution in [0.1, 0.15) is 0 Å². The second-order valence-electron chi connectivity index (χ2n) is 3.23. The van der Waals surface area contributed by atoms with E-state index < -0.39 is 19.1 Å². The minimum atomic E-state index is -3.09. The summed E-state index contributed by atoms with van der Waals surface area (Å²) in [6.07, 6.45) is 0. The summed E-state index contributed by atoms with van der Waals surface area (Å²) in [6, 6.07) is 7.06. The van der Waals surface area contributed by atoms with E-state index in [0.29, 0.717) is 5.39 Å². The van der Waals surface area contributed by atoms with Gasteiger partial charge in [0, 0.05) is 11.5 Å². The van der Waals surface area contributed by atoms with Crippen molar-refractivity contribution in [3.63, 3.8) is 0 Å². The molecule has 0 aliphatic rings. The topological polar surface area (TPSA) is 31.4 Å². The van der Waals surface area contributed by atoms with Gasteiger partial charge in [0.25, 0.3) is 0 Å². The van der Waals surface area contributed by atoms with Gasteiger partial charge in [-0.3, -0.25) is 0 Å². The number of alkyl halides is 4. The number of halogens is 4. The summed E-state index contributed by atoms with van der Waals surface area (Å²) in [6.45, 7) is -6.15. The van der Waals surface area contributed by atoms with Gasteiger partial charge in [0.05, 0.1) is 5.52 Å². The van der Waals surface area contributed by atoms with Crippen LogP contribution in [-0.2, 0) is 0 Å². The monoisotopic (exact) mass is 261 g/mol. The zero-order valence-corrected chi connectivity index (χ0v) is 8.82. The first-order valence-electron chi connectivity index (χ1n) is 4.85. The molecule has 7 heteroatoms. The number of hydrogen-bond donors (Lipinski definition) is 0. The van der Waals surface area contributed by atoms with Crippen LogP contribution in [0.25, 0.3) is 10.9 Å². The average Bonchev–Trinajstić information content (AvgIpc) is 2.27. The number of para-hydroxylation sites is 1. The number of nitrogens with zero attached hydrogens (tertiary/aromatic N) is 1. The average molecular weight is 261 g/mol. The van der Waals surface area contributed by atoms with Gasteiger partial charge in [-0.15, -0.1) is 0 Å². The summed E-state index contributed by atoms with van der Waals surface area (Å²) >= 11 is 0. The third-order valence-corrected chi connectivity index (χ3v) is 2.08. The summed E-state index contributed by atoms with van der Waals surface area (Å²) in [7, 11) is 0. The maximum atomic E-state index is 12.2. The lowest BCUT2D eigenvalue weighted by Gasteiger charge is -2.10. The van der Waals surface area contributed by atoms with Crippen LogP contribution in [0, 0.1) is 0 Å². The Balaban J connectivity index is 2.49. The molecule has 0 atom stereocenters. The van der Waals surface area contributed by atoms with Crippen LogP contribution >= 0.6 is 0 Å². The predicted molar refractivity (Wildman–Crippen MR) is 55.0 cm³/mol. The molecule has 2 rings (SSSR count). The molecule has 18 heavy (non-hydrogen) atoms. The number of rotatable bonds is 4. The molecule has 96 valence electrons. The van der Waals surface area contributed by atoms with Gasteiger partial charge < -0.3 is 9.47 Å². The number of hydrogen-bond acceptors (Lipinski definition) is 3. The summed E-state index contributed by atoms with van der Waals surface area (Å²) in [5, 5.41) is 0.291. The van der Waals surface area contributed by atoms with Crippen molar-refractivity contribution in [3.05, 3.63) is 30.3 Å². The van der Waals surface area contributed by atoms with Crippen LogP contribution in [0.2, 0.25) is 0 Å². The molecule has 0 amide bonds. The van der Waals surface area contributed by atoms with Gasteiger partial charge in [-0.2, -0.15) is 17.6 Å². The van der Waals surface area contributed by atoms with Crippen molar-refractivity contribution >= 4 is 10.9 Å². The summed E-state index contributed by atoms with van der Waals surface area (Å²) < 4.78 is 56.9. The molecule has 0 spiro atoms. The zero-order chi connectivity index (χ0) is 13.1. The number of benzene rings is 1. The molecule has 0 saturated heterocycles. The van der Waals surface area contributed by atoms with Gasteiger partial charge in [-0.05, 0) is 12.1 Å². The van der Waals surface area contributed by atoms with E-state index in [9.17, 15) is 17.6 Å². The summed E-state index contributed by atoms with van der Waals surface area (Å²) in [4.78, 5) is 3.76. The van der Waals surface area contributed by atoms with Crippen molar-refractivity contribution in [1.82, 2.24) is 4.98 Å². The third kappa shape index (κ3) is 2.79. The molecule has 1 aromatic carbocycles. The van der Waals surface area contributed by atoms with E-state index in [4.69, 9.17) is 0 Å². The van der Waals surface area contributed by atoms with E-state index in [1.165, 1.54) is 12.1 Å². The highest BCUT2D eigenvalue weighted by atomic mass is 19.3. The van der Waals surface area contributed by atoms with Gasteiger partial charge in [-0.1, -0.05) is 12.1 Å². The Kier molecular flexibility index (Phi) is 3.50. The summed E-state index contributed by atoms with van der Waals surface area (Å²) in [5.41, 5.74) is 0.228. The Bertz CT molecular complexity index is 548. The van der Waals surface area contributed by atoms with Crippen molar-refractivity contribution < 1.29 is 27.0 Å². The SMILES string of the molecule is FC(F)Oc1cc(OC(F)F)c2ccccc2n1. The fourth-order valence-electron chi connectivity index (χ4n) is 1.47. The molecule has 1 heterocycles. The van der Waals surface area contributed by atoms with Crippen molar-refractivity contribution in [2.24, 2.45) is 0 Å². The second kappa shape index (κ2) is 5.07. The van der Waals surface area contributed by atoms with E-state index in [1.807, 2.05) is 0 Å². The number of fused-ring (bicyclic) bond motifs is 1. The maximum Gasteiger partial charge on any atom is 0.388 e. The molecule has 0 aliphatic carbocycles. The lowest BCUT2D eigenvalue weighted by Crippen LogP contribution is -2.06. The fourth-order valence-corrected chi connectivity index (χ4v) is 1.47. The minimum absolute atomic E-state index is 0.228. The van der Waals surface area contributed by atoms with Gasteiger partial charge >= 0.3 is 13.2 Å². The number of aromatic nitrogens is 1. The quantitative estimate of drug-likeness (QED) is 0.790. The molecule has 0 fully saturated rings. The number of pyridine rings is 1. The van der Waals surface area contributed by atoms with Crippen molar-refractivity contribution in [2.45, 2.75) is 13.2 Å². The Morgan fingerprint density at radius 2 is 1.61 bits per heavy atom. The molecule has 0 saturated carbocycles. The Hall–Kier alpha value is -2.05. The molecule has 2 aromatic rings. The standard InChI is InChI=1S/C11H7F4NO2/c12-10(13)17-8-5-9(18-11(14)15)16-7-4-2-1-3-6(7)8/h1-5,10-11H. The molecule has 0 radical (unpaired) electrons. The lowest BCUT2D eigenvalue weighted by atomic mass is 10.2. The minimum Gasteiger partial charge on any atom is -0.434 e. The van der Waals surface area contributed by atoms with Crippen LogP contribution < -0.4 is 9.47 Å². The van der Waals surface area contributed by atoms with Crippen LogP contribution in [0.3, 0.4) is 0 Å². The molecular formula is C11H7F4NO2. The van der Waals surface area contributed by atoms with Crippen molar-refractivity contribution in [3.8, 4) is 11.6 Å². The zero-order valence-electron chi connectivity index (χ0n) is 8.82. The van der Waals surface area contributed by atoms with Crippen LogP contribution in [-0.4, -0.2) is 18.2 Å². The molecular weight excluding hydrogens is 254 g/mol. The van der Waals surface area contributed by atoms with Gasteiger partial charge in [0.15, 0.2) is 0 Å². The number of ether oxygens (including phenoxy) is 2. The molecule has 0 bridgehead atoms. The molecule has 0 aliphatic heterocycles. The molecule has 0 unspecified atom stereocenters. The first kappa shape index (κ1) is 12.4. The smallest absolute Gasteiger partial charge is 0.388 e. The van der Waals surface area contributed by atoms with E-state index >= 15 is 0 Å². The van der Waals surface area contributed by atoms with E-state index in [-0.39, 0.29) is 11.3 Å². The van der Waals surface area contributed by atoms with E-state index in [1.54, 1.807) is 12.1 Å². The van der Waals surface area contributed by atoms with Gasteiger partial charge in [-0.25, -0.2) is 4.98 Å². The first-order chi connectivity index (χ1) is 8.56. The van der Waals surface area contributed by atoms with Crippen LogP contribution in [0.5, 0.6) is 11.6 Å². The van der Waals surface area contributed by atoms with Crippen LogP contribution in [0.4, 0.5) is 17.6 Å². The summed E-state index contributed by atoms with van der Waals surface area (Å²) in [5.74, 6) is -0.731. The maximum absolute atomic E-state index is 12.2. The lowest BCUT2D eigenvalue weighted by molar-refractivity contribution is -0.0556. The molecule has 1 aromatic heterocycles. The molecule has 3 nitrogen and oxygen atoms in total. The Labute approximate surface area is 99.0 Å². The van der Waals surface area contributed by atoms with Crippen molar-refractivity contribution in [1.29, 1.82) is 0 Å². The Morgan fingerprint density at radius 3 is 2.28 bits per heavy atom. The van der Waals surface area contributed by atoms with Crippen LogP contribution in [0.15, 0.2) is 30.3 Å². The van der Waals surface area contributed by atoms with Crippen molar-refractivity contribution in [2.75, 3.05) is 0 Å². The Morgan fingerprint density at radius 1 is 0.944 bits per heavy atom. The predicted octanol–water partition coefficient (Wildman–Crippen LogP) is 3.44. The molecule has 0 N–H and O–H groups in total. The largest absolute Gasteiger partial charge is 0.434 e. The van der Waals surface area contributed by atoms with E-state index in [0.717, 1.165) is 6.07 Å².